The third-order valence-electron chi connectivity index (χ3n) is 4.69. The molecule has 0 unspecified atom stereocenters. The summed E-state index contributed by atoms with van der Waals surface area (Å²) in [4.78, 5) is 19.3. The molecule has 110 valence electrons. The molecule has 3 heterocycles. The van der Waals surface area contributed by atoms with E-state index in [0.717, 1.165) is 12.8 Å². The molecule has 0 atom stereocenters. The van der Waals surface area contributed by atoms with Crippen molar-refractivity contribution in [2.75, 3.05) is 19.8 Å². The Morgan fingerprint density at radius 3 is 3.05 bits per heavy atom. The van der Waals surface area contributed by atoms with Gasteiger partial charge in [-0.25, -0.2) is 9.50 Å². The van der Waals surface area contributed by atoms with E-state index in [1.807, 2.05) is 11.1 Å². The molecule has 1 aliphatic carbocycles. The Hall–Kier alpha value is -1.95. The van der Waals surface area contributed by atoms with Gasteiger partial charge in [0.15, 0.2) is 5.65 Å². The molecule has 4 rings (SSSR count). The van der Waals surface area contributed by atoms with Crippen LogP contribution in [0.3, 0.4) is 0 Å². The number of ether oxygens (including phenoxy) is 1. The number of hydrogen-bond donors (Lipinski definition) is 0. The average molecular weight is 286 g/mol. The first-order valence-electron chi connectivity index (χ1n) is 7.48. The summed E-state index contributed by atoms with van der Waals surface area (Å²) in [6.07, 6.45) is 9.53. The molecule has 0 aromatic carbocycles. The highest BCUT2D eigenvalue weighted by atomic mass is 16.5. The van der Waals surface area contributed by atoms with Gasteiger partial charge in [0.25, 0.3) is 5.91 Å². The van der Waals surface area contributed by atoms with Gasteiger partial charge in [0.2, 0.25) is 0 Å². The monoisotopic (exact) mass is 286 g/mol. The molecule has 1 amide bonds. The van der Waals surface area contributed by atoms with Crippen LogP contribution in [0.15, 0.2) is 24.7 Å². The molecule has 1 spiro atoms. The molecule has 0 bridgehead atoms. The first-order valence-corrected chi connectivity index (χ1v) is 7.48. The lowest BCUT2D eigenvalue weighted by Crippen LogP contribution is -2.57. The van der Waals surface area contributed by atoms with Gasteiger partial charge in [-0.15, -0.1) is 0 Å². The van der Waals surface area contributed by atoms with Crippen molar-refractivity contribution in [3.63, 3.8) is 0 Å². The topological polar surface area (TPSA) is 59.7 Å². The highest BCUT2D eigenvalue weighted by Gasteiger charge is 2.45. The van der Waals surface area contributed by atoms with Crippen LogP contribution in [0, 0.1) is 0 Å². The zero-order chi connectivity index (χ0) is 14.3. The van der Waals surface area contributed by atoms with Gasteiger partial charge in [0, 0.05) is 18.9 Å². The second-order valence-corrected chi connectivity index (χ2v) is 5.89. The lowest BCUT2D eigenvalue weighted by Gasteiger charge is -2.44. The summed E-state index contributed by atoms with van der Waals surface area (Å²) in [6.45, 7) is 1.93. The molecule has 2 aromatic heterocycles. The minimum atomic E-state index is -0.113. The molecular weight excluding hydrogens is 268 g/mol. The summed E-state index contributed by atoms with van der Waals surface area (Å²) < 4.78 is 7.31. The number of hydrogen-bond acceptors (Lipinski definition) is 4. The number of nitrogens with zero attached hydrogens (tertiary/aromatic N) is 4. The number of rotatable bonds is 1. The van der Waals surface area contributed by atoms with E-state index < -0.39 is 0 Å². The van der Waals surface area contributed by atoms with Gasteiger partial charge in [-0.3, -0.25) is 4.79 Å². The molecule has 6 heteroatoms. The molecular formula is C15H18N4O2. The third-order valence-corrected chi connectivity index (χ3v) is 4.69. The molecule has 21 heavy (non-hydrogen) atoms. The van der Waals surface area contributed by atoms with Crippen LogP contribution >= 0.6 is 0 Å². The van der Waals surface area contributed by atoms with Crippen molar-refractivity contribution in [2.24, 2.45) is 0 Å². The number of carbonyl (C=O) groups is 1. The quantitative estimate of drug-likeness (QED) is 0.797. The second kappa shape index (κ2) is 4.80. The average Bonchev–Trinajstić information content (AvgIpc) is 3.14. The lowest BCUT2D eigenvalue weighted by atomic mass is 9.94. The van der Waals surface area contributed by atoms with E-state index in [1.165, 1.54) is 12.8 Å². The van der Waals surface area contributed by atoms with Crippen LogP contribution in [0.1, 0.15) is 36.0 Å². The minimum Gasteiger partial charge on any atom is -0.377 e. The van der Waals surface area contributed by atoms with Crippen molar-refractivity contribution in [1.29, 1.82) is 0 Å². The van der Waals surface area contributed by atoms with Crippen LogP contribution in [0.25, 0.3) is 5.65 Å². The SMILES string of the molecule is O=C(c1cnn2cccnc12)N1CCOCC12CCCC2. The van der Waals surface area contributed by atoms with Gasteiger partial charge in [-0.2, -0.15) is 5.10 Å². The predicted octanol–water partition coefficient (Wildman–Crippen LogP) is 1.51. The van der Waals surface area contributed by atoms with Crippen LogP contribution in [-0.2, 0) is 4.74 Å². The van der Waals surface area contributed by atoms with Crippen LogP contribution in [-0.4, -0.2) is 50.7 Å². The van der Waals surface area contributed by atoms with Crippen molar-refractivity contribution in [2.45, 2.75) is 31.2 Å². The maximum atomic E-state index is 13.0. The fourth-order valence-corrected chi connectivity index (χ4v) is 3.62. The highest BCUT2D eigenvalue weighted by molar-refractivity contribution is 6.00. The van der Waals surface area contributed by atoms with Gasteiger partial charge < -0.3 is 9.64 Å². The van der Waals surface area contributed by atoms with Crippen LogP contribution in [0.4, 0.5) is 0 Å². The molecule has 6 nitrogen and oxygen atoms in total. The largest absolute Gasteiger partial charge is 0.377 e. The first kappa shape index (κ1) is 12.8. The van der Waals surface area contributed by atoms with E-state index in [1.54, 1.807) is 23.0 Å². The number of fused-ring (bicyclic) bond motifs is 1. The normalized spacial score (nSPS) is 21.2. The van der Waals surface area contributed by atoms with Gasteiger partial charge in [0.1, 0.15) is 5.56 Å². The van der Waals surface area contributed by atoms with Gasteiger partial charge in [-0.05, 0) is 18.9 Å². The van der Waals surface area contributed by atoms with E-state index >= 15 is 0 Å². The maximum Gasteiger partial charge on any atom is 0.259 e. The van der Waals surface area contributed by atoms with E-state index in [2.05, 4.69) is 10.1 Å². The van der Waals surface area contributed by atoms with Crippen molar-refractivity contribution >= 4 is 11.6 Å². The first-order chi connectivity index (χ1) is 10.3. The van der Waals surface area contributed by atoms with Crippen LogP contribution < -0.4 is 0 Å². The molecule has 0 radical (unpaired) electrons. The fourth-order valence-electron chi connectivity index (χ4n) is 3.62. The zero-order valence-electron chi connectivity index (χ0n) is 11.9. The summed E-state index contributed by atoms with van der Waals surface area (Å²) in [6, 6.07) is 1.81. The van der Waals surface area contributed by atoms with Crippen LogP contribution in [0.2, 0.25) is 0 Å². The predicted molar refractivity (Wildman–Crippen MR) is 76.0 cm³/mol. The summed E-state index contributed by atoms with van der Waals surface area (Å²) >= 11 is 0. The van der Waals surface area contributed by atoms with Crippen molar-refractivity contribution in [3.8, 4) is 0 Å². The number of morpholine rings is 1. The minimum absolute atomic E-state index is 0.0360. The Morgan fingerprint density at radius 2 is 2.19 bits per heavy atom. The Labute approximate surface area is 122 Å². The highest BCUT2D eigenvalue weighted by Crippen LogP contribution is 2.38. The molecule has 2 aliphatic rings. The van der Waals surface area contributed by atoms with E-state index in [9.17, 15) is 4.79 Å². The maximum absolute atomic E-state index is 13.0. The molecule has 1 aliphatic heterocycles. The van der Waals surface area contributed by atoms with E-state index in [-0.39, 0.29) is 11.4 Å². The van der Waals surface area contributed by atoms with E-state index in [0.29, 0.717) is 31.0 Å². The molecule has 2 fully saturated rings. The van der Waals surface area contributed by atoms with Crippen LogP contribution in [0.5, 0.6) is 0 Å². The third kappa shape index (κ3) is 1.93. The molecule has 2 aromatic rings. The smallest absolute Gasteiger partial charge is 0.259 e. The van der Waals surface area contributed by atoms with Crippen molar-refractivity contribution in [3.05, 3.63) is 30.2 Å². The standard InChI is InChI=1S/C15H18N4O2/c20-14(12-10-17-19-7-3-6-16-13(12)19)18-8-9-21-11-15(18)4-1-2-5-15/h3,6-7,10H,1-2,4-5,8-9,11H2. The summed E-state index contributed by atoms with van der Waals surface area (Å²) in [7, 11) is 0. The molecule has 1 saturated heterocycles. The number of aromatic nitrogens is 3. The van der Waals surface area contributed by atoms with Gasteiger partial charge in [0.05, 0.1) is 24.9 Å². The molecule has 0 N–H and O–H groups in total. The zero-order valence-corrected chi connectivity index (χ0v) is 11.9. The summed E-state index contributed by atoms with van der Waals surface area (Å²) in [5, 5.41) is 4.23. The second-order valence-electron chi connectivity index (χ2n) is 5.89. The van der Waals surface area contributed by atoms with Crippen molar-refractivity contribution < 1.29 is 9.53 Å². The summed E-state index contributed by atoms with van der Waals surface area (Å²) in [5.74, 6) is 0.0360. The summed E-state index contributed by atoms with van der Waals surface area (Å²) in [5.41, 5.74) is 1.10. The molecule has 1 saturated carbocycles. The fraction of sp³-hybridized carbons (Fsp3) is 0.533. The Balaban J connectivity index is 1.73. The lowest BCUT2D eigenvalue weighted by molar-refractivity contribution is -0.0501. The Kier molecular flexibility index (Phi) is 2.92. The Morgan fingerprint density at radius 1 is 1.33 bits per heavy atom. The number of carbonyl (C=O) groups excluding carboxylic acids is 1. The number of amides is 1. The van der Waals surface area contributed by atoms with Crippen molar-refractivity contribution in [1.82, 2.24) is 19.5 Å². The van der Waals surface area contributed by atoms with E-state index in [4.69, 9.17) is 4.74 Å². The Bertz CT molecular complexity index is 675. The van der Waals surface area contributed by atoms with Gasteiger partial charge >= 0.3 is 0 Å². The van der Waals surface area contributed by atoms with Gasteiger partial charge in [-0.1, -0.05) is 12.8 Å².